The van der Waals surface area contributed by atoms with Crippen molar-refractivity contribution >= 4 is 5.97 Å². The van der Waals surface area contributed by atoms with Crippen LogP contribution in [0.4, 0.5) is 0 Å². The van der Waals surface area contributed by atoms with Crippen molar-refractivity contribution in [2.45, 2.75) is 20.4 Å². The standard InChI is InChI=1S/C16H16N4O2/c1-3-19-15(10-12(2)18-19)16(21)22-14-7-4-6-13(11-14)20-9-5-8-17-20/h4-11H,3H2,1-2H3. The van der Waals surface area contributed by atoms with Gasteiger partial charge in [-0.15, -0.1) is 0 Å². The van der Waals surface area contributed by atoms with Crippen molar-refractivity contribution in [3.63, 3.8) is 0 Å². The molecule has 0 aliphatic rings. The van der Waals surface area contributed by atoms with Crippen LogP contribution in [0.1, 0.15) is 23.1 Å². The maximum atomic E-state index is 12.3. The van der Waals surface area contributed by atoms with Gasteiger partial charge in [-0.1, -0.05) is 6.07 Å². The number of hydrogen-bond donors (Lipinski definition) is 0. The van der Waals surface area contributed by atoms with E-state index in [0.717, 1.165) is 11.4 Å². The first-order valence-corrected chi connectivity index (χ1v) is 7.04. The van der Waals surface area contributed by atoms with Crippen LogP contribution in [0.25, 0.3) is 5.69 Å². The molecule has 0 saturated heterocycles. The van der Waals surface area contributed by atoms with Crippen LogP contribution in [0.3, 0.4) is 0 Å². The monoisotopic (exact) mass is 296 g/mol. The quantitative estimate of drug-likeness (QED) is 0.548. The Balaban J connectivity index is 1.84. The van der Waals surface area contributed by atoms with Gasteiger partial charge in [-0.2, -0.15) is 10.2 Å². The predicted molar refractivity (Wildman–Crippen MR) is 81.2 cm³/mol. The molecule has 3 rings (SSSR count). The third-order valence-electron chi connectivity index (χ3n) is 3.21. The Kier molecular flexibility index (Phi) is 3.74. The first-order valence-electron chi connectivity index (χ1n) is 7.04. The number of esters is 1. The molecule has 0 radical (unpaired) electrons. The van der Waals surface area contributed by atoms with Gasteiger partial charge in [-0.25, -0.2) is 9.48 Å². The highest BCUT2D eigenvalue weighted by Gasteiger charge is 2.15. The van der Waals surface area contributed by atoms with E-state index in [-0.39, 0.29) is 0 Å². The van der Waals surface area contributed by atoms with Crippen LogP contribution in [-0.2, 0) is 6.54 Å². The van der Waals surface area contributed by atoms with E-state index in [2.05, 4.69) is 10.2 Å². The average Bonchev–Trinajstić information content (AvgIpc) is 3.16. The highest BCUT2D eigenvalue weighted by atomic mass is 16.5. The van der Waals surface area contributed by atoms with Gasteiger partial charge in [0.1, 0.15) is 11.4 Å². The number of rotatable bonds is 4. The molecule has 22 heavy (non-hydrogen) atoms. The molecule has 0 fully saturated rings. The molecule has 2 aromatic heterocycles. The summed E-state index contributed by atoms with van der Waals surface area (Å²) in [6, 6.07) is 10.8. The average molecular weight is 296 g/mol. The van der Waals surface area contributed by atoms with Gasteiger partial charge in [-0.3, -0.25) is 4.68 Å². The van der Waals surface area contributed by atoms with Crippen LogP contribution in [0.15, 0.2) is 48.8 Å². The minimum atomic E-state index is -0.417. The van der Waals surface area contributed by atoms with Crippen molar-refractivity contribution in [2.75, 3.05) is 0 Å². The Morgan fingerprint density at radius 1 is 1.27 bits per heavy atom. The van der Waals surface area contributed by atoms with Gasteiger partial charge in [0.05, 0.1) is 11.4 Å². The summed E-state index contributed by atoms with van der Waals surface area (Å²) in [5, 5.41) is 8.41. The summed E-state index contributed by atoms with van der Waals surface area (Å²) in [5.74, 6) is 0.0552. The second kappa shape index (κ2) is 5.85. The van der Waals surface area contributed by atoms with Crippen LogP contribution < -0.4 is 4.74 Å². The van der Waals surface area contributed by atoms with Crippen molar-refractivity contribution in [3.8, 4) is 11.4 Å². The molecular formula is C16H16N4O2. The fourth-order valence-electron chi connectivity index (χ4n) is 2.22. The van der Waals surface area contributed by atoms with Gasteiger partial charge in [0.2, 0.25) is 0 Å². The lowest BCUT2D eigenvalue weighted by atomic mass is 10.3. The number of ether oxygens (including phenoxy) is 1. The minimum Gasteiger partial charge on any atom is -0.422 e. The van der Waals surface area contributed by atoms with E-state index in [1.54, 1.807) is 33.8 Å². The Morgan fingerprint density at radius 2 is 2.14 bits per heavy atom. The molecule has 0 atom stereocenters. The molecule has 0 N–H and O–H groups in total. The van der Waals surface area contributed by atoms with Gasteiger partial charge in [-0.05, 0) is 38.1 Å². The largest absolute Gasteiger partial charge is 0.422 e. The molecular weight excluding hydrogens is 280 g/mol. The molecule has 0 amide bonds. The summed E-state index contributed by atoms with van der Waals surface area (Å²) in [4.78, 5) is 12.3. The fraction of sp³-hybridized carbons (Fsp3) is 0.188. The molecule has 0 spiro atoms. The summed E-state index contributed by atoms with van der Waals surface area (Å²) in [6.07, 6.45) is 3.53. The molecule has 0 unspecified atom stereocenters. The third-order valence-corrected chi connectivity index (χ3v) is 3.21. The number of aryl methyl sites for hydroxylation is 2. The zero-order valence-electron chi connectivity index (χ0n) is 12.4. The number of carbonyl (C=O) groups excluding carboxylic acids is 1. The Bertz CT molecular complexity index is 790. The van der Waals surface area contributed by atoms with E-state index < -0.39 is 5.97 Å². The third kappa shape index (κ3) is 2.76. The van der Waals surface area contributed by atoms with E-state index in [1.165, 1.54) is 0 Å². The van der Waals surface area contributed by atoms with Gasteiger partial charge in [0.15, 0.2) is 0 Å². The molecule has 6 heteroatoms. The van der Waals surface area contributed by atoms with Crippen molar-refractivity contribution in [1.82, 2.24) is 19.6 Å². The van der Waals surface area contributed by atoms with Gasteiger partial charge in [0.25, 0.3) is 0 Å². The first kappa shape index (κ1) is 14.1. The molecule has 1 aromatic carbocycles. The summed E-state index contributed by atoms with van der Waals surface area (Å²) < 4.78 is 8.79. The van der Waals surface area contributed by atoms with E-state index >= 15 is 0 Å². The highest BCUT2D eigenvalue weighted by Crippen LogP contribution is 2.18. The van der Waals surface area contributed by atoms with Crippen molar-refractivity contribution in [1.29, 1.82) is 0 Å². The summed E-state index contributed by atoms with van der Waals surface area (Å²) in [7, 11) is 0. The minimum absolute atomic E-state index is 0.417. The van der Waals surface area contributed by atoms with Gasteiger partial charge < -0.3 is 4.74 Å². The topological polar surface area (TPSA) is 61.9 Å². The van der Waals surface area contributed by atoms with Gasteiger partial charge in [0, 0.05) is 25.0 Å². The molecule has 0 aliphatic carbocycles. The second-order valence-electron chi connectivity index (χ2n) is 4.82. The van der Waals surface area contributed by atoms with E-state index in [1.807, 2.05) is 38.2 Å². The lowest BCUT2D eigenvalue weighted by Crippen LogP contribution is -2.15. The van der Waals surface area contributed by atoms with E-state index in [9.17, 15) is 4.79 Å². The van der Waals surface area contributed by atoms with Crippen LogP contribution >= 0.6 is 0 Å². The maximum Gasteiger partial charge on any atom is 0.362 e. The summed E-state index contributed by atoms with van der Waals surface area (Å²) in [5.41, 5.74) is 2.07. The first-order chi connectivity index (χ1) is 10.7. The van der Waals surface area contributed by atoms with E-state index in [4.69, 9.17) is 4.74 Å². The SMILES string of the molecule is CCn1nc(C)cc1C(=O)Oc1cccc(-n2cccn2)c1. The van der Waals surface area contributed by atoms with Crippen LogP contribution in [0.5, 0.6) is 5.75 Å². The lowest BCUT2D eigenvalue weighted by Gasteiger charge is -2.07. The van der Waals surface area contributed by atoms with Crippen molar-refractivity contribution in [2.24, 2.45) is 0 Å². The predicted octanol–water partition coefficient (Wildman–Crippen LogP) is 2.62. The molecule has 2 heterocycles. The molecule has 6 nitrogen and oxygen atoms in total. The Labute approximate surface area is 127 Å². The molecule has 112 valence electrons. The normalized spacial score (nSPS) is 10.6. The van der Waals surface area contributed by atoms with Crippen molar-refractivity contribution < 1.29 is 9.53 Å². The smallest absolute Gasteiger partial charge is 0.362 e. The number of nitrogens with zero attached hydrogens (tertiary/aromatic N) is 4. The summed E-state index contributed by atoms with van der Waals surface area (Å²) >= 11 is 0. The van der Waals surface area contributed by atoms with Crippen LogP contribution in [0, 0.1) is 6.92 Å². The van der Waals surface area contributed by atoms with E-state index in [0.29, 0.717) is 18.0 Å². The zero-order chi connectivity index (χ0) is 15.5. The maximum absolute atomic E-state index is 12.3. The Hall–Kier alpha value is -2.89. The number of carbonyl (C=O) groups is 1. The molecule has 0 bridgehead atoms. The zero-order valence-corrected chi connectivity index (χ0v) is 12.4. The fourth-order valence-corrected chi connectivity index (χ4v) is 2.22. The number of benzene rings is 1. The lowest BCUT2D eigenvalue weighted by molar-refractivity contribution is 0.0722. The second-order valence-corrected chi connectivity index (χ2v) is 4.82. The molecule has 0 aliphatic heterocycles. The van der Waals surface area contributed by atoms with Crippen LogP contribution in [0.2, 0.25) is 0 Å². The van der Waals surface area contributed by atoms with Gasteiger partial charge >= 0.3 is 5.97 Å². The number of aromatic nitrogens is 4. The highest BCUT2D eigenvalue weighted by molar-refractivity contribution is 5.89. The number of hydrogen-bond acceptors (Lipinski definition) is 4. The molecule has 3 aromatic rings. The summed E-state index contributed by atoms with van der Waals surface area (Å²) in [6.45, 7) is 4.40. The Morgan fingerprint density at radius 3 is 2.86 bits per heavy atom. The van der Waals surface area contributed by atoms with Crippen molar-refractivity contribution in [3.05, 3.63) is 60.2 Å². The van der Waals surface area contributed by atoms with Crippen LogP contribution in [-0.4, -0.2) is 25.5 Å². The molecule has 0 saturated carbocycles.